The van der Waals surface area contributed by atoms with E-state index in [4.69, 9.17) is 4.74 Å². The second-order valence-electron chi connectivity index (χ2n) is 14.0. The lowest BCUT2D eigenvalue weighted by molar-refractivity contribution is -0.118. The van der Waals surface area contributed by atoms with E-state index in [2.05, 4.69) is 44.3 Å². The Morgan fingerprint density at radius 1 is 0.817 bits per heavy atom. The molecule has 1 aliphatic carbocycles. The molecule has 60 heavy (non-hydrogen) atoms. The van der Waals surface area contributed by atoms with Gasteiger partial charge in [0.1, 0.15) is 28.4 Å². The first-order valence-electron chi connectivity index (χ1n) is 18.5. The van der Waals surface area contributed by atoms with E-state index in [0.717, 1.165) is 0 Å². The number of carbonyl (C=O) groups is 4. The van der Waals surface area contributed by atoms with E-state index in [1.807, 2.05) is 13.8 Å². The number of aromatic nitrogens is 4. The molecular weight excluding hydrogens is 777 g/mol. The third-order valence-electron chi connectivity index (χ3n) is 9.07. The van der Waals surface area contributed by atoms with Crippen LogP contribution in [-0.2, 0) is 9.59 Å². The summed E-state index contributed by atoms with van der Waals surface area (Å²) < 4.78 is 8.63. The number of carbonyl (C=O) groups excluding carboxylic acids is 3. The Hall–Kier alpha value is -7.92. The van der Waals surface area contributed by atoms with E-state index in [1.165, 1.54) is 58.8 Å². The van der Waals surface area contributed by atoms with Crippen molar-refractivity contribution in [1.82, 2.24) is 29.7 Å². The van der Waals surface area contributed by atoms with Gasteiger partial charge >= 0.3 is 17.3 Å². The minimum Gasteiger partial charge on any atom is -0.508 e. The Kier molecular flexibility index (Phi) is 13.4. The minimum atomic E-state index is -1.26. The van der Waals surface area contributed by atoms with Crippen molar-refractivity contribution >= 4 is 23.6 Å². The SMILES string of the molecule is CC(=O)NCC#Cc1cn(C(C)C)c(=O)[nH]c1=O.CC(C)n1cc(C#CCNC(=O)c2ccc(C3C4=C(CC(=O)C=C4)Oc4cc(O)ccc43)c(C(=O)O)c2)c(=O)[nH]c1=O. The van der Waals surface area contributed by atoms with E-state index >= 15 is 0 Å². The number of phenolic OH excluding ortho intramolecular Hbond substituents is 1. The van der Waals surface area contributed by atoms with E-state index in [0.29, 0.717) is 28.2 Å². The van der Waals surface area contributed by atoms with Gasteiger partial charge in [0.2, 0.25) is 5.91 Å². The van der Waals surface area contributed by atoms with Crippen LogP contribution in [0.5, 0.6) is 11.5 Å². The van der Waals surface area contributed by atoms with Crippen molar-refractivity contribution in [3.63, 3.8) is 0 Å². The molecule has 1 aliphatic heterocycles. The fourth-order valence-electron chi connectivity index (χ4n) is 6.16. The molecule has 0 saturated heterocycles. The average molecular weight is 817 g/mol. The van der Waals surface area contributed by atoms with Crippen LogP contribution in [0.1, 0.15) is 102 Å². The fourth-order valence-corrected chi connectivity index (χ4v) is 6.16. The highest BCUT2D eigenvalue weighted by atomic mass is 16.5. The molecule has 2 aromatic heterocycles. The van der Waals surface area contributed by atoms with Gasteiger partial charge in [-0.25, -0.2) is 14.4 Å². The van der Waals surface area contributed by atoms with Gasteiger partial charge in [-0.3, -0.25) is 43.1 Å². The lowest BCUT2D eigenvalue weighted by Crippen LogP contribution is -2.32. The van der Waals surface area contributed by atoms with Gasteiger partial charge in [-0.15, -0.1) is 0 Å². The molecule has 0 spiro atoms. The molecule has 0 fully saturated rings. The predicted octanol–water partition coefficient (Wildman–Crippen LogP) is 2.22. The molecule has 6 N–H and O–H groups in total. The minimum absolute atomic E-state index is 0.00820. The number of benzene rings is 2. The maximum absolute atomic E-state index is 12.9. The van der Waals surface area contributed by atoms with Crippen LogP contribution in [0.3, 0.4) is 0 Å². The third-order valence-corrected chi connectivity index (χ3v) is 9.07. The molecule has 0 saturated carbocycles. The van der Waals surface area contributed by atoms with E-state index in [1.54, 1.807) is 32.1 Å². The molecule has 17 nitrogen and oxygen atoms in total. The zero-order chi connectivity index (χ0) is 43.8. The number of aromatic hydroxyl groups is 1. The van der Waals surface area contributed by atoms with Gasteiger partial charge in [-0.05, 0) is 57.5 Å². The van der Waals surface area contributed by atoms with Gasteiger partial charge in [-0.1, -0.05) is 41.9 Å². The largest absolute Gasteiger partial charge is 0.508 e. The molecular formula is C43H40N6O11. The average Bonchev–Trinajstić information content (AvgIpc) is 3.18. The van der Waals surface area contributed by atoms with Gasteiger partial charge in [0.15, 0.2) is 5.78 Å². The summed E-state index contributed by atoms with van der Waals surface area (Å²) in [4.78, 5) is 99.3. The molecule has 0 bridgehead atoms. The summed E-state index contributed by atoms with van der Waals surface area (Å²) in [5.41, 5.74) is -0.367. The van der Waals surface area contributed by atoms with Crippen molar-refractivity contribution in [2.45, 2.75) is 59.0 Å². The summed E-state index contributed by atoms with van der Waals surface area (Å²) >= 11 is 0. The highest BCUT2D eigenvalue weighted by Crippen LogP contribution is 2.47. The number of H-pyrrole nitrogens is 2. The van der Waals surface area contributed by atoms with Crippen LogP contribution in [0.15, 0.2) is 91.5 Å². The Labute approximate surface area is 341 Å². The number of aromatic amines is 2. The molecule has 2 aliphatic rings. The van der Waals surface area contributed by atoms with Crippen molar-refractivity contribution in [2.24, 2.45) is 0 Å². The van der Waals surface area contributed by atoms with Crippen LogP contribution in [0.25, 0.3) is 0 Å². The summed E-state index contributed by atoms with van der Waals surface area (Å²) in [5.74, 6) is 8.37. The van der Waals surface area contributed by atoms with Gasteiger partial charge in [0.05, 0.1) is 25.1 Å². The molecule has 17 heteroatoms. The number of carboxylic acid groups (broad SMARTS) is 1. The number of ether oxygens (including phenoxy) is 1. The number of aromatic carboxylic acids is 1. The Morgan fingerprint density at radius 2 is 1.38 bits per heavy atom. The maximum Gasteiger partial charge on any atom is 0.336 e. The molecule has 4 aromatic rings. The van der Waals surface area contributed by atoms with Crippen LogP contribution < -0.4 is 37.9 Å². The number of ketones is 1. The number of hydrogen-bond donors (Lipinski definition) is 6. The number of rotatable bonds is 7. The zero-order valence-corrected chi connectivity index (χ0v) is 33.1. The summed E-state index contributed by atoms with van der Waals surface area (Å²) in [6.45, 7) is 8.62. The van der Waals surface area contributed by atoms with Crippen molar-refractivity contribution in [3.05, 3.63) is 147 Å². The van der Waals surface area contributed by atoms with E-state index in [-0.39, 0.29) is 71.3 Å². The molecule has 1 unspecified atom stereocenters. The highest BCUT2D eigenvalue weighted by molar-refractivity contribution is 5.99. The summed E-state index contributed by atoms with van der Waals surface area (Å²) in [6.07, 6.45) is 5.78. The molecule has 308 valence electrons. The van der Waals surface area contributed by atoms with Gasteiger partial charge in [0, 0.05) is 60.1 Å². The molecule has 3 heterocycles. The number of phenols is 1. The predicted molar refractivity (Wildman–Crippen MR) is 218 cm³/mol. The van der Waals surface area contributed by atoms with E-state index in [9.17, 15) is 48.6 Å². The lowest BCUT2D eigenvalue weighted by atomic mass is 9.78. The Morgan fingerprint density at radius 3 is 1.93 bits per heavy atom. The van der Waals surface area contributed by atoms with Crippen molar-refractivity contribution in [1.29, 1.82) is 0 Å². The number of allylic oxidation sites excluding steroid dienone is 4. The quantitative estimate of drug-likeness (QED) is 0.148. The van der Waals surface area contributed by atoms with Crippen molar-refractivity contribution in [2.75, 3.05) is 13.1 Å². The first-order chi connectivity index (χ1) is 28.4. The molecule has 2 aromatic carbocycles. The molecule has 1 atom stereocenters. The molecule has 0 radical (unpaired) electrons. The second-order valence-corrected chi connectivity index (χ2v) is 14.0. The van der Waals surface area contributed by atoms with Crippen LogP contribution >= 0.6 is 0 Å². The third kappa shape index (κ3) is 10.1. The van der Waals surface area contributed by atoms with Gasteiger partial charge < -0.3 is 25.6 Å². The monoisotopic (exact) mass is 816 g/mol. The number of amides is 2. The molecule has 6 rings (SSSR count). The first-order valence-corrected chi connectivity index (χ1v) is 18.5. The second kappa shape index (κ2) is 18.6. The lowest BCUT2D eigenvalue weighted by Gasteiger charge is -2.32. The number of nitrogens with zero attached hydrogens (tertiary/aromatic N) is 2. The summed E-state index contributed by atoms with van der Waals surface area (Å²) in [7, 11) is 0. The van der Waals surface area contributed by atoms with Crippen LogP contribution in [0.2, 0.25) is 0 Å². The highest BCUT2D eigenvalue weighted by Gasteiger charge is 2.35. The summed E-state index contributed by atoms with van der Waals surface area (Å²) in [6, 6.07) is 8.54. The Bertz CT molecular complexity index is 2850. The smallest absolute Gasteiger partial charge is 0.336 e. The van der Waals surface area contributed by atoms with Gasteiger partial charge in [0.25, 0.3) is 17.0 Å². The first kappa shape index (κ1) is 43.2. The number of fused-ring (bicyclic) bond motifs is 1. The standard InChI is InChI=1S/C31H25N3O8.C12H15N3O3/c1-16(2)34-15-18(29(38)33-31(34)41)4-3-11-32-28(37)17-5-8-21(24(12-17)30(39)40)27-22-9-6-19(35)13-25(22)42-26-14-20(36)7-10-23(26)27;1-8(2)15-7-10(11(17)14-12(15)18)5-4-6-13-9(3)16/h5-10,12-13,15-16,27,35H,11,14H2,1-2H3,(H,32,37)(H,39,40)(H,33,38,41);7-8H,6H2,1-3H3,(H,13,16)(H,14,17,18). The van der Waals surface area contributed by atoms with Gasteiger partial charge in [-0.2, -0.15) is 0 Å². The van der Waals surface area contributed by atoms with E-state index < -0.39 is 40.3 Å². The normalized spacial score (nSPS) is 13.7. The van der Waals surface area contributed by atoms with Crippen LogP contribution in [0, 0.1) is 23.7 Å². The number of nitrogens with one attached hydrogen (secondary N) is 4. The van der Waals surface area contributed by atoms with Crippen molar-refractivity contribution < 1.29 is 34.1 Å². The fraction of sp³-hybridized carbons (Fsp3) is 0.256. The Balaban J connectivity index is 0.000000318. The maximum atomic E-state index is 12.9. The van der Waals surface area contributed by atoms with Crippen LogP contribution in [-0.4, -0.2) is 66.0 Å². The topological polar surface area (TPSA) is 252 Å². The number of hydrogen-bond acceptors (Lipinski definition) is 10. The summed E-state index contributed by atoms with van der Waals surface area (Å²) in [5, 5.41) is 25.2. The number of carboxylic acids is 1. The van der Waals surface area contributed by atoms with Crippen LogP contribution in [0.4, 0.5) is 0 Å². The molecule has 2 amide bonds. The van der Waals surface area contributed by atoms with Crippen molar-refractivity contribution in [3.8, 4) is 35.2 Å². The zero-order valence-electron chi connectivity index (χ0n) is 33.1.